The number of methoxy groups -OCH3 is 1. The maximum Gasteiger partial charge on any atom is 0.416 e. The highest BCUT2D eigenvalue weighted by molar-refractivity contribution is 5.27. The summed E-state index contributed by atoms with van der Waals surface area (Å²) < 4.78 is 42.1. The van der Waals surface area contributed by atoms with Gasteiger partial charge in [0.05, 0.1) is 5.56 Å². The first-order chi connectivity index (χ1) is 7.45. The van der Waals surface area contributed by atoms with Crippen LogP contribution in [0.15, 0.2) is 24.3 Å². The molecule has 90 valence electrons. The topological polar surface area (TPSA) is 35.2 Å². The number of nitrogens with two attached hydrogens (primary N) is 1. The molecule has 0 amide bonds. The van der Waals surface area contributed by atoms with Gasteiger partial charge >= 0.3 is 6.18 Å². The van der Waals surface area contributed by atoms with Gasteiger partial charge in [-0.05, 0) is 24.1 Å². The van der Waals surface area contributed by atoms with Gasteiger partial charge in [0, 0.05) is 19.8 Å². The van der Waals surface area contributed by atoms with Gasteiger partial charge < -0.3 is 10.5 Å². The van der Waals surface area contributed by atoms with Crippen LogP contribution in [-0.4, -0.2) is 13.7 Å². The van der Waals surface area contributed by atoms with E-state index in [0.29, 0.717) is 18.6 Å². The number of benzene rings is 1. The molecule has 1 aromatic rings. The van der Waals surface area contributed by atoms with Gasteiger partial charge in [-0.3, -0.25) is 0 Å². The number of alkyl halides is 3. The zero-order valence-corrected chi connectivity index (χ0v) is 8.92. The van der Waals surface area contributed by atoms with Crippen LogP contribution in [0.3, 0.4) is 0 Å². The number of hydrogen-bond acceptors (Lipinski definition) is 2. The smallest absolute Gasteiger partial charge is 0.385 e. The quantitative estimate of drug-likeness (QED) is 0.867. The second-order valence-electron chi connectivity index (χ2n) is 3.51. The van der Waals surface area contributed by atoms with Gasteiger partial charge in [0.15, 0.2) is 0 Å². The van der Waals surface area contributed by atoms with Crippen molar-refractivity contribution in [1.29, 1.82) is 0 Å². The molecule has 1 rings (SSSR count). The summed E-state index contributed by atoms with van der Waals surface area (Å²) in [6.45, 7) is 0.428. The molecular weight excluding hydrogens is 219 g/mol. The van der Waals surface area contributed by atoms with E-state index in [4.69, 9.17) is 10.5 Å². The van der Waals surface area contributed by atoms with Crippen LogP contribution in [0.25, 0.3) is 0 Å². The first-order valence-electron chi connectivity index (χ1n) is 4.87. The summed E-state index contributed by atoms with van der Waals surface area (Å²) in [6.07, 6.45) is -3.82. The van der Waals surface area contributed by atoms with Crippen molar-refractivity contribution in [2.24, 2.45) is 5.73 Å². The molecule has 0 aliphatic heterocycles. The van der Waals surface area contributed by atoms with Crippen LogP contribution in [0.4, 0.5) is 13.2 Å². The Kier molecular flexibility index (Phi) is 4.32. The SMILES string of the molecule is COCC[C@H](N)c1cccc(C(F)(F)F)c1. The molecular formula is C11H14F3NO. The Hall–Kier alpha value is -1.07. The molecule has 0 spiro atoms. The highest BCUT2D eigenvalue weighted by atomic mass is 19.4. The Morgan fingerprint density at radius 2 is 2.06 bits per heavy atom. The summed E-state index contributed by atoms with van der Waals surface area (Å²) in [5, 5.41) is 0. The van der Waals surface area contributed by atoms with Crippen LogP contribution in [0.2, 0.25) is 0 Å². The standard InChI is InChI=1S/C11H14F3NO/c1-16-6-5-10(15)8-3-2-4-9(7-8)11(12,13)14/h2-4,7,10H,5-6,15H2,1H3/t10-/m0/s1. The lowest BCUT2D eigenvalue weighted by atomic mass is 10.0. The van der Waals surface area contributed by atoms with Crippen molar-refractivity contribution >= 4 is 0 Å². The normalized spacial score (nSPS) is 13.8. The van der Waals surface area contributed by atoms with Gasteiger partial charge in [0.2, 0.25) is 0 Å². The first kappa shape index (κ1) is 13.0. The first-order valence-corrected chi connectivity index (χ1v) is 4.87. The fraction of sp³-hybridized carbons (Fsp3) is 0.455. The molecule has 0 aliphatic rings. The molecule has 2 nitrogen and oxygen atoms in total. The number of rotatable bonds is 4. The second-order valence-corrected chi connectivity index (χ2v) is 3.51. The molecule has 0 aromatic heterocycles. The van der Waals surface area contributed by atoms with Crippen LogP contribution in [0.5, 0.6) is 0 Å². The van der Waals surface area contributed by atoms with Crippen molar-refractivity contribution in [2.75, 3.05) is 13.7 Å². The van der Waals surface area contributed by atoms with Gasteiger partial charge in [0.25, 0.3) is 0 Å². The van der Waals surface area contributed by atoms with E-state index in [0.717, 1.165) is 12.1 Å². The molecule has 5 heteroatoms. The van der Waals surface area contributed by atoms with Crippen molar-refractivity contribution in [3.8, 4) is 0 Å². The third-order valence-corrected chi connectivity index (χ3v) is 2.28. The zero-order valence-electron chi connectivity index (χ0n) is 8.92. The summed E-state index contributed by atoms with van der Waals surface area (Å²) in [4.78, 5) is 0. The van der Waals surface area contributed by atoms with Gasteiger partial charge in [-0.15, -0.1) is 0 Å². The number of ether oxygens (including phenoxy) is 1. The Balaban J connectivity index is 2.82. The summed E-state index contributed by atoms with van der Waals surface area (Å²) in [7, 11) is 1.53. The van der Waals surface area contributed by atoms with Gasteiger partial charge in [-0.25, -0.2) is 0 Å². The average molecular weight is 233 g/mol. The molecule has 0 bridgehead atoms. The van der Waals surface area contributed by atoms with Crippen molar-refractivity contribution in [3.05, 3.63) is 35.4 Å². The molecule has 0 fully saturated rings. The fourth-order valence-corrected chi connectivity index (χ4v) is 1.36. The monoisotopic (exact) mass is 233 g/mol. The van der Waals surface area contributed by atoms with Crippen LogP contribution in [0.1, 0.15) is 23.6 Å². The molecule has 16 heavy (non-hydrogen) atoms. The molecule has 0 aliphatic carbocycles. The lowest BCUT2D eigenvalue weighted by Crippen LogP contribution is -2.14. The van der Waals surface area contributed by atoms with Crippen molar-refractivity contribution in [1.82, 2.24) is 0 Å². The molecule has 0 heterocycles. The minimum absolute atomic E-state index is 0.428. The van der Waals surface area contributed by atoms with Gasteiger partial charge in [-0.2, -0.15) is 13.2 Å². The molecule has 1 atom stereocenters. The van der Waals surface area contributed by atoms with Crippen LogP contribution in [-0.2, 0) is 10.9 Å². The largest absolute Gasteiger partial charge is 0.416 e. The van der Waals surface area contributed by atoms with Crippen molar-refractivity contribution in [3.63, 3.8) is 0 Å². The second kappa shape index (κ2) is 5.32. The van der Waals surface area contributed by atoms with Crippen LogP contribution < -0.4 is 5.73 Å². The lowest BCUT2D eigenvalue weighted by Gasteiger charge is -2.14. The van der Waals surface area contributed by atoms with E-state index in [1.165, 1.54) is 13.2 Å². The number of halogens is 3. The maximum atomic E-state index is 12.4. The van der Waals surface area contributed by atoms with Crippen molar-refractivity contribution in [2.45, 2.75) is 18.6 Å². The van der Waals surface area contributed by atoms with E-state index in [1.54, 1.807) is 6.07 Å². The summed E-state index contributed by atoms with van der Waals surface area (Å²) in [5.74, 6) is 0. The molecule has 0 saturated heterocycles. The van der Waals surface area contributed by atoms with E-state index < -0.39 is 17.8 Å². The molecule has 1 aromatic carbocycles. The van der Waals surface area contributed by atoms with Gasteiger partial charge in [0.1, 0.15) is 0 Å². The predicted octanol–water partition coefficient (Wildman–Crippen LogP) is 2.74. The fourth-order valence-electron chi connectivity index (χ4n) is 1.36. The third kappa shape index (κ3) is 3.50. The van der Waals surface area contributed by atoms with E-state index in [2.05, 4.69) is 0 Å². The lowest BCUT2D eigenvalue weighted by molar-refractivity contribution is -0.137. The summed E-state index contributed by atoms with van der Waals surface area (Å²) in [5.41, 5.74) is 5.56. The van der Waals surface area contributed by atoms with Gasteiger partial charge in [-0.1, -0.05) is 12.1 Å². The predicted molar refractivity (Wildman–Crippen MR) is 54.9 cm³/mol. The molecule has 0 saturated carbocycles. The van der Waals surface area contributed by atoms with E-state index >= 15 is 0 Å². The van der Waals surface area contributed by atoms with E-state index in [-0.39, 0.29) is 0 Å². The van der Waals surface area contributed by atoms with Crippen molar-refractivity contribution < 1.29 is 17.9 Å². The zero-order chi connectivity index (χ0) is 12.2. The minimum atomic E-state index is -4.32. The summed E-state index contributed by atoms with van der Waals surface area (Å²) >= 11 is 0. The molecule has 0 unspecified atom stereocenters. The maximum absolute atomic E-state index is 12.4. The van der Waals surface area contributed by atoms with E-state index in [9.17, 15) is 13.2 Å². The highest BCUT2D eigenvalue weighted by Crippen LogP contribution is 2.30. The van der Waals surface area contributed by atoms with Crippen LogP contribution >= 0.6 is 0 Å². The third-order valence-electron chi connectivity index (χ3n) is 2.28. The Morgan fingerprint density at radius 3 is 2.62 bits per heavy atom. The minimum Gasteiger partial charge on any atom is -0.385 e. The Morgan fingerprint density at radius 1 is 1.38 bits per heavy atom. The average Bonchev–Trinajstić information content (AvgIpc) is 2.25. The molecule has 0 radical (unpaired) electrons. The number of hydrogen-bond donors (Lipinski definition) is 1. The molecule has 2 N–H and O–H groups in total. The summed E-state index contributed by atoms with van der Waals surface area (Å²) in [6, 6.07) is 4.65. The Labute approximate surface area is 92.2 Å². The van der Waals surface area contributed by atoms with E-state index in [1.807, 2.05) is 0 Å². The Bertz CT molecular complexity index is 338. The highest BCUT2D eigenvalue weighted by Gasteiger charge is 2.30. The van der Waals surface area contributed by atoms with Crippen LogP contribution in [0, 0.1) is 0 Å².